The smallest absolute Gasteiger partial charge is 0.227 e. The number of carbonyl (C=O) groups excluding carboxylic acids is 1. The van der Waals surface area contributed by atoms with Crippen molar-refractivity contribution in [2.24, 2.45) is 5.92 Å². The number of carbonyl (C=O) groups is 1. The van der Waals surface area contributed by atoms with Crippen LogP contribution in [0.2, 0.25) is 5.02 Å². The Kier molecular flexibility index (Phi) is 5.40. The van der Waals surface area contributed by atoms with Gasteiger partial charge in [-0.2, -0.15) is 0 Å². The van der Waals surface area contributed by atoms with E-state index in [0.29, 0.717) is 24.5 Å². The average Bonchev–Trinajstić information content (AvgIpc) is 2.43. The molecule has 2 N–H and O–H groups in total. The van der Waals surface area contributed by atoms with Gasteiger partial charge in [0.05, 0.1) is 12.0 Å². The van der Waals surface area contributed by atoms with Crippen LogP contribution >= 0.6 is 11.6 Å². The third kappa shape index (κ3) is 4.20. The van der Waals surface area contributed by atoms with Gasteiger partial charge in [0.15, 0.2) is 0 Å². The number of rotatable bonds is 4. The highest BCUT2D eigenvalue weighted by molar-refractivity contribution is 6.30. The first kappa shape index (κ1) is 15.3. The number of benzene rings is 1. The van der Waals surface area contributed by atoms with E-state index >= 15 is 0 Å². The lowest BCUT2D eigenvalue weighted by molar-refractivity contribution is -0.131. The van der Waals surface area contributed by atoms with Gasteiger partial charge in [-0.05, 0) is 37.6 Å². The van der Waals surface area contributed by atoms with Crippen molar-refractivity contribution < 1.29 is 9.90 Å². The van der Waals surface area contributed by atoms with Crippen molar-refractivity contribution in [1.29, 1.82) is 0 Å². The predicted octanol–water partition coefficient (Wildman–Crippen LogP) is 1.31. The number of nitrogens with one attached hydrogen (secondary N) is 1. The van der Waals surface area contributed by atoms with Crippen molar-refractivity contribution in [3.63, 3.8) is 0 Å². The maximum atomic E-state index is 12.1. The second-order valence-corrected chi connectivity index (χ2v) is 5.83. The predicted molar refractivity (Wildman–Crippen MR) is 79.8 cm³/mol. The van der Waals surface area contributed by atoms with Gasteiger partial charge in [0.2, 0.25) is 5.91 Å². The van der Waals surface area contributed by atoms with Gasteiger partial charge >= 0.3 is 0 Å². The molecule has 0 radical (unpaired) electrons. The zero-order chi connectivity index (χ0) is 14.5. The molecule has 1 aliphatic heterocycles. The molecule has 0 spiro atoms. The van der Waals surface area contributed by atoms with E-state index in [0.717, 1.165) is 18.5 Å². The largest absolute Gasteiger partial charge is 0.392 e. The Bertz CT molecular complexity index is 450. The van der Waals surface area contributed by atoms with Crippen LogP contribution in [-0.2, 0) is 11.2 Å². The molecule has 1 aromatic carbocycles. The van der Waals surface area contributed by atoms with Gasteiger partial charge in [-0.15, -0.1) is 0 Å². The molecule has 20 heavy (non-hydrogen) atoms. The first-order valence-electron chi connectivity index (χ1n) is 6.95. The van der Waals surface area contributed by atoms with Crippen LogP contribution in [0.25, 0.3) is 0 Å². The molecule has 1 heterocycles. The van der Waals surface area contributed by atoms with E-state index in [-0.39, 0.29) is 11.8 Å². The third-order valence-electron chi connectivity index (χ3n) is 3.74. The van der Waals surface area contributed by atoms with Gasteiger partial charge in [-0.25, -0.2) is 0 Å². The van der Waals surface area contributed by atoms with Crippen LogP contribution in [0.4, 0.5) is 0 Å². The zero-order valence-electron chi connectivity index (χ0n) is 11.7. The minimum absolute atomic E-state index is 0.0574. The fourth-order valence-corrected chi connectivity index (χ4v) is 2.60. The van der Waals surface area contributed by atoms with E-state index in [4.69, 9.17) is 11.6 Å². The number of amides is 1. The first-order valence-corrected chi connectivity index (χ1v) is 7.33. The zero-order valence-corrected chi connectivity index (χ0v) is 12.4. The standard InChI is InChI=1S/C15H21ClN2O2/c1-18-9-7-14(19)13(10-18)15(20)17-8-6-11-2-4-12(16)5-3-11/h2-5,13-14,19H,6-10H2,1H3,(H,17,20)/t13-,14+/m1/s1. The van der Waals surface area contributed by atoms with E-state index in [1.54, 1.807) is 0 Å². The summed E-state index contributed by atoms with van der Waals surface area (Å²) in [5.74, 6) is -0.378. The summed E-state index contributed by atoms with van der Waals surface area (Å²) in [7, 11) is 1.97. The van der Waals surface area contributed by atoms with Gasteiger partial charge in [-0.3, -0.25) is 4.79 Å². The minimum atomic E-state index is -0.526. The van der Waals surface area contributed by atoms with E-state index in [9.17, 15) is 9.90 Å². The molecule has 1 fully saturated rings. The van der Waals surface area contributed by atoms with E-state index in [2.05, 4.69) is 10.2 Å². The first-order chi connectivity index (χ1) is 9.56. The molecule has 2 rings (SSSR count). The number of piperidine rings is 1. The summed E-state index contributed by atoms with van der Waals surface area (Å²) in [4.78, 5) is 14.2. The molecule has 2 atom stereocenters. The van der Waals surface area contributed by atoms with Crippen molar-refractivity contribution in [1.82, 2.24) is 10.2 Å². The average molecular weight is 297 g/mol. The lowest BCUT2D eigenvalue weighted by atomic mass is 9.94. The van der Waals surface area contributed by atoms with Gasteiger partial charge in [0, 0.05) is 24.7 Å². The molecule has 0 unspecified atom stereocenters. The highest BCUT2D eigenvalue weighted by Crippen LogP contribution is 2.16. The number of aliphatic hydroxyl groups excluding tert-OH is 1. The summed E-state index contributed by atoms with van der Waals surface area (Å²) in [6, 6.07) is 7.60. The van der Waals surface area contributed by atoms with Crippen LogP contribution in [0.3, 0.4) is 0 Å². The van der Waals surface area contributed by atoms with E-state index in [1.807, 2.05) is 31.3 Å². The Balaban J connectivity index is 1.78. The fourth-order valence-electron chi connectivity index (χ4n) is 2.47. The van der Waals surface area contributed by atoms with Gasteiger partial charge in [0.1, 0.15) is 0 Å². The third-order valence-corrected chi connectivity index (χ3v) is 3.99. The van der Waals surface area contributed by atoms with Crippen LogP contribution in [0.5, 0.6) is 0 Å². The second-order valence-electron chi connectivity index (χ2n) is 5.39. The number of halogens is 1. The molecular weight excluding hydrogens is 276 g/mol. The molecule has 1 aromatic rings. The van der Waals surface area contributed by atoms with E-state index < -0.39 is 6.10 Å². The van der Waals surface area contributed by atoms with Crippen molar-refractivity contribution >= 4 is 17.5 Å². The number of hydrogen-bond acceptors (Lipinski definition) is 3. The molecule has 0 saturated carbocycles. The lowest BCUT2D eigenvalue weighted by Gasteiger charge is -2.32. The Morgan fingerprint density at radius 1 is 1.45 bits per heavy atom. The molecule has 5 heteroatoms. The molecule has 1 amide bonds. The molecule has 1 saturated heterocycles. The Labute approximate surface area is 124 Å². The Morgan fingerprint density at radius 2 is 2.15 bits per heavy atom. The van der Waals surface area contributed by atoms with Crippen LogP contribution in [-0.4, -0.2) is 48.7 Å². The molecular formula is C15H21ClN2O2. The van der Waals surface area contributed by atoms with Crippen LogP contribution in [0.1, 0.15) is 12.0 Å². The summed E-state index contributed by atoms with van der Waals surface area (Å²) in [5, 5.41) is 13.5. The number of likely N-dealkylation sites (tertiary alicyclic amines) is 1. The Hall–Kier alpha value is -1.10. The van der Waals surface area contributed by atoms with Gasteiger partial charge in [-0.1, -0.05) is 23.7 Å². The molecule has 1 aliphatic rings. The normalized spacial score (nSPS) is 23.6. The van der Waals surface area contributed by atoms with Gasteiger partial charge in [0.25, 0.3) is 0 Å². The summed E-state index contributed by atoms with van der Waals surface area (Å²) in [5.41, 5.74) is 1.14. The van der Waals surface area contributed by atoms with Gasteiger partial charge < -0.3 is 15.3 Å². The van der Waals surface area contributed by atoms with Crippen molar-refractivity contribution in [2.75, 3.05) is 26.7 Å². The summed E-state index contributed by atoms with van der Waals surface area (Å²) in [6.07, 6.45) is 0.898. The topological polar surface area (TPSA) is 52.6 Å². The highest BCUT2D eigenvalue weighted by atomic mass is 35.5. The SMILES string of the molecule is CN1CC[C@H](O)[C@H](C(=O)NCCc2ccc(Cl)cc2)C1. The summed E-state index contributed by atoms with van der Waals surface area (Å²) in [6.45, 7) is 2.04. The fraction of sp³-hybridized carbons (Fsp3) is 0.533. The van der Waals surface area contributed by atoms with Crippen LogP contribution in [0, 0.1) is 5.92 Å². The second kappa shape index (κ2) is 7.07. The van der Waals surface area contributed by atoms with Crippen molar-refractivity contribution in [3.8, 4) is 0 Å². The lowest BCUT2D eigenvalue weighted by Crippen LogP contribution is -2.49. The monoisotopic (exact) mass is 296 g/mol. The van der Waals surface area contributed by atoms with Crippen molar-refractivity contribution in [3.05, 3.63) is 34.9 Å². The summed E-state index contributed by atoms with van der Waals surface area (Å²) >= 11 is 5.83. The quantitative estimate of drug-likeness (QED) is 0.881. The number of aliphatic hydroxyl groups is 1. The molecule has 4 nitrogen and oxygen atoms in total. The van der Waals surface area contributed by atoms with E-state index in [1.165, 1.54) is 0 Å². The maximum absolute atomic E-state index is 12.1. The summed E-state index contributed by atoms with van der Waals surface area (Å²) < 4.78 is 0. The number of hydrogen-bond donors (Lipinski definition) is 2. The highest BCUT2D eigenvalue weighted by Gasteiger charge is 2.31. The molecule has 0 aliphatic carbocycles. The molecule has 110 valence electrons. The maximum Gasteiger partial charge on any atom is 0.227 e. The van der Waals surface area contributed by atoms with Crippen LogP contribution in [0.15, 0.2) is 24.3 Å². The van der Waals surface area contributed by atoms with Crippen molar-refractivity contribution in [2.45, 2.75) is 18.9 Å². The Morgan fingerprint density at radius 3 is 2.85 bits per heavy atom. The minimum Gasteiger partial charge on any atom is -0.392 e. The molecule has 0 bridgehead atoms. The number of nitrogens with zero attached hydrogens (tertiary/aromatic N) is 1. The van der Waals surface area contributed by atoms with Crippen LogP contribution < -0.4 is 5.32 Å². The molecule has 0 aromatic heterocycles.